The molecule has 0 fully saturated rings. The fourth-order valence-corrected chi connectivity index (χ4v) is 1.54. The number of benzene rings is 1. The molecule has 4 nitrogen and oxygen atoms in total. The largest absolute Gasteiger partial charge is 0.497 e. The van der Waals surface area contributed by atoms with E-state index >= 15 is 0 Å². The van der Waals surface area contributed by atoms with Crippen LogP contribution in [-0.2, 0) is 4.74 Å². The Labute approximate surface area is 103 Å². The summed E-state index contributed by atoms with van der Waals surface area (Å²) in [5.41, 5.74) is 0.991. The zero-order valence-corrected chi connectivity index (χ0v) is 10.9. The van der Waals surface area contributed by atoms with E-state index < -0.39 is 0 Å². The number of methoxy groups -OCH3 is 3. The smallest absolute Gasteiger partial charge is 0.124 e. The first-order valence-corrected chi connectivity index (χ1v) is 5.68. The average Bonchev–Trinajstić information content (AvgIpc) is 2.35. The topological polar surface area (TPSA) is 39.7 Å². The minimum absolute atomic E-state index is 0.340. The summed E-state index contributed by atoms with van der Waals surface area (Å²) in [4.78, 5) is 0. The van der Waals surface area contributed by atoms with Gasteiger partial charge in [0, 0.05) is 43.6 Å². The van der Waals surface area contributed by atoms with Crippen molar-refractivity contribution in [3.63, 3.8) is 0 Å². The van der Waals surface area contributed by atoms with E-state index in [4.69, 9.17) is 14.2 Å². The fourth-order valence-electron chi connectivity index (χ4n) is 1.54. The van der Waals surface area contributed by atoms with Crippen LogP contribution in [0.4, 0.5) is 5.69 Å². The summed E-state index contributed by atoms with van der Waals surface area (Å²) in [6, 6.07) is 6.09. The molecule has 0 aliphatic carbocycles. The third-order valence-electron chi connectivity index (χ3n) is 2.52. The van der Waals surface area contributed by atoms with Crippen molar-refractivity contribution < 1.29 is 14.2 Å². The van der Waals surface area contributed by atoms with E-state index in [1.54, 1.807) is 21.3 Å². The Bertz CT molecular complexity index is 319. The molecule has 0 heterocycles. The van der Waals surface area contributed by atoms with E-state index in [0.29, 0.717) is 6.04 Å². The number of rotatable bonds is 7. The predicted octanol–water partition coefficient (Wildman–Crippen LogP) is 2.54. The molecule has 1 rings (SSSR count). The first-order chi connectivity index (χ1) is 8.19. The molecule has 0 amide bonds. The minimum atomic E-state index is 0.340. The highest BCUT2D eigenvalue weighted by atomic mass is 16.5. The van der Waals surface area contributed by atoms with Crippen molar-refractivity contribution in [3.05, 3.63) is 18.2 Å². The highest BCUT2D eigenvalue weighted by Crippen LogP contribution is 2.26. The van der Waals surface area contributed by atoms with Crippen LogP contribution in [0.15, 0.2) is 18.2 Å². The number of hydrogen-bond donors (Lipinski definition) is 1. The molecule has 4 heteroatoms. The van der Waals surface area contributed by atoms with Crippen LogP contribution in [0.1, 0.15) is 13.3 Å². The summed E-state index contributed by atoms with van der Waals surface area (Å²) in [6.07, 6.45) is 0.954. The van der Waals surface area contributed by atoms with E-state index in [1.165, 1.54) is 0 Å². The molecule has 0 aliphatic rings. The maximum Gasteiger partial charge on any atom is 0.124 e. The normalized spacial score (nSPS) is 12.0. The monoisotopic (exact) mass is 239 g/mol. The molecule has 1 aromatic rings. The minimum Gasteiger partial charge on any atom is -0.497 e. The quantitative estimate of drug-likeness (QED) is 0.793. The molecule has 0 radical (unpaired) electrons. The van der Waals surface area contributed by atoms with Gasteiger partial charge in [-0.05, 0) is 13.3 Å². The lowest BCUT2D eigenvalue weighted by atomic mass is 10.2. The Morgan fingerprint density at radius 3 is 2.12 bits per heavy atom. The van der Waals surface area contributed by atoms with Crippen LogP contribution in [0, 0.1) is 0 Å². The first kappa shape index (κ1) is 13.6. The van der Waals surface area contributed by atoms with Crippen molar-refractivity contribution in [1.82, 2.24) is 0 Å². The van der Waals surface area contributed by atoms with E-state index in [2.05, 4.69) is 12.2 Å². The Hall–Kier alpha value is -1.42. The lowest BCUT2D eigenvalue weighted by molar-refractivity contribution is 0.191. The molecule has 0 spiro atoms. The molecular formula is C13H21NO3. The number of nitrogens with one attached hydrogen (secondary N) is 1. The van der Waals surface area contributed by atoms with Gasteiger partial charge in [0.15, 0.2) is 0 Å². The Morgan fingerprint density at radius 2 is 1.65 bits per heavy atom. The molecule has 1 atom stereocenters. The third kappa shape index (κ3) is 4.53. The zero-order valence-electron chi connectivity index (χ0n) is 10.9. The Morgan fingerprint density at radius 1 is 1.06 bits per heavy atom. The maximum atomic E-state index is 5.22. The lowest BCUT2D eigenvalue weighted by Gasteiger charge is -2.16. The second-order valence-corrected chi connectivity index (χ2v) is 3.93. The molecule has 17 heavy (non-hydrogen) atoms. The number of anilines is 1. The van der Waals surface area contributed by atoms with Gasteiger partial charge in [-0.15, -0.1) is 0 Å². The van der Waals surface area contributed by atoms with Gasteiger partial charge < -0.3 is 19.5 Å². The highest BCUT2D eigenvalue weighted by molar-refractivity contribution is 5.54. The van der Waals surface area contributed by atoms with Gasteiger partial charge in [0.05, 0.1) is 14.2 Å². The van der Waals surface area contributed by atoms with Crippen molar-refractivity contribution in [3.8, 4) is 11.5 Å². The first-order valence-electron chi connectivity index (χ1n) is 5.68. The molecule has 96 valence electrons. The summed E-state index contributed by atoms with van der Waals surface area (Å²) >= 11 is 0. The van der Waals surface area contributed by atoms with Crippen LogP contribution in [-0.4, -0.2) is 34.0 Å². The fraction of sp³-hybridized carbons (Fsp3) is 0.538. The summed E-state index contributed by atoms with van der Waals surface area (Å²) in [7, 11) is 5.00. The van der Waals surface area contributed by atoms with Crippen molar-refractivity contribution in [2.75, 3.05) is 33.3 Å². The molecule has 0 saturated heterocycles. The summed E-state index contributed by atoms with van der Waals surface area (Å²) < 4.78 is 15.5. The molecular weight excluding hydrogens is 218 g/mol. The second-order valence-electron chi connectivity index (χ2n) is 3.93. The Balaban J connectivity index is 2.68. The van der Waals surface area contributed by atoms with E-state index in [1.807, 2.05) is 18.2 Å². The van der Waals surface area contributed by atoms with Gasteiger partial charge in [-0.1, -0.05) is 0 Å². The standard InChI is InChI=1S/C13H21NO3/c1-10(5-6-15-2)14-11-7-12(16-3)9-13(8-11)17-4/h7-10,14H,5-6H2,1-4H3. The van der Waals surface area contributed by atoms with Crippen molar-refractivity contribution in [2.24, 2.45) is 0 Å². The SMILES string of the molecule is COCCC(C)Nc1cc(OC)cc(OC)c1. The summed E-state index contributed by atoms with van der Waals surface area (Å²) in [6.45, 7) is 2.86. The summed E-state index contributed by atoms with van der Waals surface area (Å²) in [5.74, 6) is 1.57. The van der Waals surface area contributed by atoms with Crippen molar-refractivity contribution in [2.45, 2.75) is 19.4 Å². The number of hydrogen-bond acceptors (Lipinski definition) is 4. The van der Waals surface area contributed by atoms with Gasteiger partial charge in [-0.2, -0.15) is 0 Å². The van der Waals surface area contributed by atoms with E-state index in [9.17, 15) is 0 Å². The second kappa shape index (κ2) is 7.01. The van der Waals surface area contributed by atoms with Gasteiger partial charge in [0.2, 0.25) is 0 Å². The number of ether oxygens (including phenoxy) is 3. The van der Waals surface area contributed by atoms with Gasteiger partial charge in [0.1, 0.15) is 11.5 Å². The van der Waals surface area contributed by atoms with Crippen molar-refractivity contribution >= 4 is 5.69 Å². The van der Waals surface area contributed by atoms with Gasteiger partial charge >= 0.3 is 0 Å². The van der Waals surface area contributed by atoms with Crippen LogP contribution in [0.5, 0.6) is 11.5 Å². The van der Waals surface area contributed by atoms with E-state index in [-0.39, 0.29) is 0 Å². The van der Waals surface area contributed by atoms with Gasteiger partial charge in [-0.3, -0.25) is 0 Å². The summed E-state index contributed by atoms with van der Waals surface area (Å²) in [5, 5.41) is 3.39. The van der Waals surface area contributed by atoms with Gasteiger partial charge in [-0.25, -0.2) is 0 Å². The molecule has 1 N–H and O–H groups in total. The molecule has 0 saturated carbocycles. The lowest BCUT2D eigenvalue weighted by Crippen LogP contribution is -2.17. The van der Waals surface area contributed by atoms with Crippen LogP contribution in [0.3, 0.4) is 0 Å². The third-order valence-corrected chi connectivity index (χ3v) is 2.52. The molecule has 0 bridgehead atoms. The van der Waals surface area contributed by atoms with Crippen LogP contribution in [0.2, 0.25) is 0 Å². The van der Waals surface area contributed by atoms with Crippen LogP contribution < -0.4 is 14.8 Å². The maximum absolute atomic E-state index is 5.22. The Kier molecular flexibility index (Phi) is 5.63. The molecule has 0 aromatic heterocycles. The van der Waals surface area contributed by atoms with Crippen LogP contribution in [0.25, 0.3) is 0 Å². The molecule has 1 aromatic carbocycles. The highest BCUT2D eigenvalue weighted by Gasteiger charge is 2.05. The van der Waals surface area contributed by atoms with E-state index in [0.717, 1.165) is 30.2 Å². The zero-order chi connectivity index (χ0) is 12.7. The van der Waals surface area contributed by atoms with Gasteiger partial charge in [0.25, 0.3) is 0 Å². The predicted molar refractivity (Wildman–Crippen MR) is 69.1 cm³/mol. The molecule has 0 aliphatic heterocycles. The molecule has 1 unspecified atom stereocenters. The average molecular weight is 239 g/mol. The van der Waals surface area contributed by atoms with Crippen LogP contribution >= 0.6 is 0 Å². The van der Waals surface area contributed by atoms with Crippen molar-refractivity contribution in [1.29, 1.82) is 0 Å².